The number of hydrogen-bond acceptors (Lipinski definition) is 4. The van der Waals surface area contributed by atoms with Crippen molar-refractivity contribution in [3.63, 3.8) is 0 Å². The second-order valence-corrected chi connectivity index (χ2v) is 8.43. The summed E-state index contributed by atoms with van der Waals surface area (Å²) in [5, 5.41) is 0. The molecule has 0 aromatic heterocycles. The molecule has 5 nitrogen and oxygen atoms in total. The summed E-state index contributed by atoms with van der Waals surface area (Å²) in [4.78, 5) is 16.8. The monoisotopic (exact) mass is 376 g/mol. The average molecular weight is 377 g/mol. The molecule has 27 heavy (non-hydrogen) atoms. The molecule has 1 fully saturated rings. The van der Waals surface area contributed by atoms with Crippen molar-refractivity contribution < 1.29 is 14.3 Å². The van der Waals surface area contributed by atoms with Crippen LogP contribution in [0.25, 0.3) is 0 Å². The Morgan fingerprint density at radius 3 is 2.78 bits per heavy atom. The zero-order valence-electron chi connectivity index (χ0n) is 17.7. The average Bonchev–Trinajstić information content (AvgIpc) is 2.63. The minimum Gasteiger partial charge on any atom is -0.497 e. The van der Waals surface area contributed by atoms with Crippen molar-refractivity contribution in [1.29, 1.82) is 0 Å². The van der Waals surface area contributed by atoms with Crippen LogP contribution >= 0.6 is 0 Å². The summed E-state index contributed by atoms with van der Waals surface area (Å²) in [5.74, 6) is 1.43. The maximum atomic E-state index is 12.4. The first-order valence-corrected chi connectivity index (χ1v) is 10.1. The summed E-state index contributed by atoms with van der Waals surface area (Å²) < 4.78 is 10.9. The van der Waals surface area contributed by atoms with E-state index >= 15 is 0 Å². The molecule has 1 aliphatic rings. The van der Waals surface area contributed by atoms with Crippen molar-refractivity contribution in [3.05, 3.63) is 29.8 Å². The van der Waals surface area contributed by atoms with Gasteiger partial charge in [0.2, 0.25) is 0 Å². The van der Waals surface area contributed by atoms with Gasteiger partial charge >= 0.3 is 6.09 Å². The van der Waals surface area contributed by atoms with Crippen molar-refractivity contribution in [3.8, 4) is 5.75 Å². The third-order valence-corrected chi connectivity index (χ3v) is 4.97. The van der Waals surface area contributed by atoms with Crippen molar-refractivity contribution in [1.82, 2.24) is 9.80 Å². The molecule has 0 spiro atoms. The lowest BCUT2D eigenvalue weighted by atomic mass is 9.97. The van der Waals surface area contributed by atoms with Crippen LogP contribution in [0.15, 0.2) is 24.3 Å². The summed E-state index contributed by atoms with van der Waals surface area (Å²) in [6.07, 6.45) is 3.19. The highest BCUT2D eigenvalue weighted by Gasteiger charge is 2.26. The molecule has 5 heteroatoms. The normalized spacial score (nSPS) is 18.2. The van der Waals surface area contributed by atoms with E-state index in [1.807, 2.05) is 44.7 Å². The van der Waals surface area contributed by atoms with Crippen LogP contribution in [0.5, 0.6) is 5.75 Å². The number of hydrogen-bond donors (Lipinski definition) is 0. The van der Waals surface area contributed by atoms with Gasteiger partial charge in [0.25, 0.3) is 0 Å². The molecule has 0 aliphatic carbocycles. The van der Waals surface area contributed by atoms with E-state index < -0.39 is 5.60 Å². The SMILES string of the molecule is CCN(CC1CCCN(CCc2cccc(OC)c2)C1)C(=O)OC(C)(C)C. The van der Waals surface area contributed by atoms with Crippen LogP contribution < -0.4 is 4.74 Å². The molecule has 0 bridgehead atoms. The summed E-state index contributed by atoms with van der Waals surface area (Å²) in [7, 11) is 1.71. The Balaban J connectivity index is 1.84. The standard InChI is InChI=1S/C22H36N2O3/c1-6-24(21(25)27-22(2,3)4)17-19-10-8-13-23(16-19)14-12-18-9-7-11-20(15-18)26-5/h7,9,11,15,19H,6,8,10,12-14,16-17H2,1-5H3. The topological polar surface area (TPSA) is 42.0 Å². The Labute approximate surface area is 164 Å². The van der Waals surface area contributed by atoms with Gasteiger partial charge in [0.15, 0.2) is 0 Å². The fourth-order valence-electron chi connectivity index (χ4n) is 3.59. The van der Waals surface area contributed by atoms with E-state index in [1.54, 1.807) is 7.11 Å². The molecule has 152 valence electrons. The molecule has 1 aliphatic heterocycles. The molecule has 0 N–H and O–H groups in total. The van der Waals surface area contributed by atoms with E-state index in [-0.39, 0.29) is 6.09 Å². The van der Waals surface area contributed by atoms with E-state index in [1.165, 1.54) is 18.4 Å². The summed E-state index contributed by atoms with van der Waals surface area (Å²) in [6.45, 7) is 12.5. The maximum Gasteiger partial charge on any atom is 0.410 e. The molecular formula is C22H36N2O3. The van der Waals surface area contributed by atoms with Gasteiger partial charge < -0.3 is 19.3 Å². The summed E-state index contributed by atoms with van der Waals surface area (Å²) >= 11 is 0. The van der Waals surface area contributed by atoms with Crippen LogP contribution in [0.2, 0.25) is 0 Å². The number of methoxy groups -OCH3 is 1. The van der Waals surface area contributed by atoms with Crippen LogP contribution in [-0.2, 0) is 11.2 Å². The van der Waals surface area contributed by atoms with Crippen molar-refractivity contribution in [2.45, 2.75) is 52.6 Å². The number of nitrogens with zero attached hydrogens (tertiary/aromatic N) is 2. The van der Waals surface area contributed by atoms with E-state index in [4.69, 9.17) is 9.47 Å². The lowest BCUT2D eigenvalue weighted by molar-refractivity contribution is 0.0199. The Morgan fingerprint density at radius 2 is 2.11 bits per heavy atom. The van der Waals surface area contributed by atoms with Crippen LogP contribution in [-0.4, -0.2) is 61.3 Å². The first-order valence-electron chi connectivity index (χ1n) is 10.1. The van der Waals surface area contributed by atoms with Crippen molar-refractivity contribution in [2.24, 2.45) is 5.92 Å². The van der Waals surface area contributed by atoms with Crippen LogP contribution in [0.1, 0.15) is 46.1 Å². The predicted molar refractivity (Wildman–Crippen MR) is 109 cm³/mol. The van der Waals surface area contributed by atoms with Crippen LogP contribution in [0.3, 0.4) is 0 Å². The number of rotatable bonds is 7. The van der Waals surface area contributed by atoms with E-state index in [0.717, 1.165) is 38.3 Å². The molecule has 1 aromatic rings. The number of piperidine rings is 1. The largest absolute Gasteiger partial charge is 0.497 e. The number of benzene rings is 1. The third-order valence-electron chi connectivity index (χ3n) is 4.97. The predicted octanol–water partition coefficient (Wildman–Crippen LogP) is 4.21. The Bertz CT molecular complexity index is 597. The molecular weight excluding hydrogens is 340 g/mol. The lowest BCUT2D eigenvalue weighted by Gasteiger charge is -2.36. The van der Waals surface area contributed by atoms with E-state index in [0.29, 0.717) is 12.5 Å². The fraction of sp³-hybridized carbons (Fsp3) is 0.682. The molecule has 1 saturated heterocycles. The maximum absolute atomic E-state index is 12.4. The number of carbonyl (C=O) groups is 1. The summed E-state index contributed by atoms with van der Waals surface area (Å²) in [5.41, 5.74) is 0.861. The molecule has 2 rings (SSSR count). The minimum absolute atomic E-state index is 0.196. The third kappa shape index (κ3) is 7.41. The highest BCUT2D eigenvalue weighted by Crippen LogP contribution is 2.20. The van der Waals surface area contributed by atoms with Crippen LogP contribution in [0.4, 0.5) is 4.79 Å². The van der Waals surface area contributed by atoms with Gasteiger partial charge in [0.1, 0.15) is 11.4 Å². The lowest BCUT2D eigenvalue weighted by Crippen LogP contribution is -2.44. The van der Waals surface area contributed by atoms with Gasteiger partial charge in [-0.2, -0.15) is 0 Å². The second kappa shape index (κ2) is 9.98. The van der Waals surface area contributed by atoms with Crippen molar-refractivity contribution in [2.75, 3.05) is 39.8 Å². The number of likely N-dealkylation sites (tertiary alicyclic amines) is 1. The van der Waals surface area contributed by atoms with Gasteiger partial charge in [-0.25, -0.2) is 4.79 Å². The smallest absolute Gasteiger partial charge is 0.410 e. The van der Waals surface area contributed by atoms with Gasteiger partial charge in [-0.05, 0) is 77.1 Å². The number of carbonyl (C=O) groups excluding carboxylic acids is 1. The van der Waals surface area contributed by atoms with E-state index in [9.17, 15) is 4.79 Å². The van der Waals surface area contributed by atoms with Crippen molar-refractivity contribution >= 4 is 6.09 Å². The molecule has 1 heterocycles. The Hall–Kier alpha value is -1.75. The number of amides is 1. The Morgan fingerprint density at radius 1 is 1.33 bits per heavy atom. The molecule has 0 radical (unpaired) electrons. The first-order chi connectivity index (χ1) is 12.8. The summed E-state index contributed by atoms with van der Waals surface area (Å²) in [6, 6.07) is 8.30. The van der Waals surface area contributed by atoms with Gasteiger partial charge in [0, 0.05) is 26.2 Å². The van der Waals surface area contributed by atoms with E-state index in [2.05, 4.69) is 17.0 Å². The zero-order chi connectivity index (χ0) is 19.9. The minimum atomic E-state index is -0.445. The Kier molecular flexibility index (Phi) is 7.96. The zero-order valence-corrected chi connectivity index (χ0v) is 17.7. The quantitative estimate of drug-likeness (QED) is 0.715. The molecule has 1 atom stereocenters. The fourth-order valence-corrected chi connectivity index (χ4v) is 3.59. The highest BCUT2D eigenvalue weighted by molar-refractivity contribution is 5.68. The highest BCUT2D eigenvalue weighted by atomic mass is 16.6. The molecule has 0 saturated carbocycles. The van der Waals surface area contributed by atoms with Gasteiger partial charge in [-0.3, -0.25) is 0 Å². The first kappa shape index (κ1) is 21.5. The second-order valence-electron chi connectivity index (χ2n) is 8.43. The molecule has 1 aromatic carbocycles. The molecule has 1 unspecified atom stereocenters. The molecule has 1 amide bonds. The van der Waals surface area contributed by atoms with Gasteiger partial charge in [-0.1, -0.05) is 12.1 Å². The van der Waals surface area contributed by atoms with Gasteiger partial charge in [0.05, 0.1) is 7.11 Å². The number of ether oxygens (including phenoxy) is 2. The van der Waals surface area contributed by atoms with Crippen LogP contribution in [0, 0.1) is 5.92 Å². The van der Waals surface area contributed by atoms with Gasteiger partial charge in [-0.15, -0.1) is 0 Å².